The lowest BCUT2D eigenvalue weighted by Gasteiger charge is -2.26. The van der Waals surface area contributed by atoms with Gasteiger partial charge >= 0.3 is 0 Å². The number of benzene rings is 2. The molecule has 0 atom stereocenters. The maximum Gasteiger partial charge on any atom is 0.253 e. The highest BCUT2D eigenvalue weighted by atomic mass is 19.1. The van der Waals surface area contributed by atoms with Crippen LogP contribution >= 0.6 is 0 Å². The van der Waals surface area contributed by atoms with E-state index >= 15 is 0 Å². The zero-order chi connectivity index (χ0) is 24.1. The van der Waals surface area contributed by atoms with Crippen molar-refractivity contribution in [1.82, 2.24) is 14.9 Å². The first-order chi connectivity index (χ1) is 16.5. The Hall–Kier alpha value is -3.48. The first-order valence-corrected chi connectivity index (χ1v) is 11.8. The molecule has 2 aromatic carbocycles. The quantitative estimate of drug-likeness (QED) is 0.542. The second-order valence-corrected chi connectivity index (χ2v) is 8.54. The monoisotopic (exact) mass is 462 g/mol. The highest BCUT2D eigenvalue weighted by molar-refractivity contribution is 5.94. The lowest BCUT2D eigenvalue weighted by atomic mass is 10.0. The molecule has 178 valence electrons. The van der Waals surface area contributed by atoms with Gasteiger partial charge in [-0.05, 0) is 61.7 Å². The molecule has 3 aromatic rings. The summed E-state index contributed by atoms with van der Waals surface area (Å²) >= 11 is 0. The number of amides is 1. The number of aromatic nitrogens is 2. The van der Waals surface area contributed by atoms with Crippen molar-refractivity contribution in [2.75, 3.05) is 38.2 Å². The number of nitrogens with zero attached hydrogens (tertiary/aromatic N) is 4. The SMILES string of the molecule is CCc1nc(C)nc(N2CCCN(C(=O)c3ccc(OC)cc3)CC2)c1Cc1cccc(F)c1. The zero-order valence-electron chi connectivity index (χ0n) is 20.1. The smallest absolute Gasteiger partial charge is 0.253 e. The van der Waals surface area contributed by atoms with Gasteiger partial charge in [-0.3, -0.25) is 4.79 Å². The molecule has 0 N–H and O–H groups in total. The Morgan fingerprint density at radius 2 is 1.85 bits per heavy atom. The Labute approximate surface area is 200 Å². The molecule has 6 nitrogen and oxygen atoms in total. The van der Waals surface area contributed by atoms with E-state index in [0.717, 1.165) is 53.6 Å². The summed E-state index contributed by atoms with van der Waals surface area (Å²) in [7, 11) is 1.61. The Morgan fingerprint density at radius 3 is 2.56 bits per heavy atom. The minimum absolute atomic E-state index is 0.0256. The normalized spacial score (nSPS) is 14.1. The average Bonchev–Trinajstić information content (AvgIpc) is 3.11. The Kier molecular flexibility index (Phi) is 7.40. The largest absolute Gasteiger partial charge is 0.497 e. The molecule has 0 unspecified atom stereocenters. The number of hydrogen-bond acceptors (Lipinski definition) is 5. The van der Waals surface area contributed by atoms with Crippen LogP contribution in [0.3, 0.4) is 0 Å². The van der Waals surface area contributed by atoms with E-state index in [4.69, 9.17) is 9.72 Å². The molecule has 7 heteroatoms. The van der Waals surface area contributed by atoms with Crippen molar-refractivity contribution in [2.24, 2.45) is 0 Å². The van der Waals surface area contributed by atoms with E-state index in [1.54, 1.807) is 19.2 Å². The number of hydrogen-bond donors (Lipinski definition) is 0. The van der Waals surface area contributed by atoms with Crippen LogP contribution in [0.2, 0.25) is 0 Å². The van der Waals surface area contributed by atoms with Gasteiger partial charge in [0.05, 0.1) is 7.11 Å². The molecule has 2 heterocycles. The van der Waals surface area contributed by atoms with Crippen LogP contribution in [0.1, 0.15) is 46.3 Å². The van der Waals surface area contributed by atoms with Gasteiger partial charge < -0.3 is 14.5 Å². The molecular formula is C27H31FN4O2. The first-order valence-electron chi connectivity index (χ1n) is 11.8. The molecule has 34 heavy (non-hydrogen) atoms. The summed E-state index contributed by atoms with van der Waals surface area (Å²) < 4.78 is 19.0. The Balaban J connectivity index is 1.57. The fraction of sp³-hybridized carbons (Fsp3) is 0.370. The summed E-state index contributed by atoms with van der Waals surface area (Å²) in [6.45, 7) is 6.75. The Morgan fingerprint density at radius 1 is 1.06 bits per heavy atom. The van der Waals surface area contributed by atoms with E-state index in [1.165, 1.54) is 6.07 Å². The van der Waals surface area contributed by atoms with Crippen molar-refractivity contribution in [3.8, 4) is 5.75 Å². The number of methoxy groups -OCH3 is 1. The number of anilines is 1. The molecule has 1 aromatic heterocycles. The molecule has 4 rings (SSSR count). The molecule has 1 fully saturated rings. The number of rotatable bonds is 6. The number of halogens is 1. The van der Waals surface area contributed by atoms with Gasteiger partial charge in [-0.25, -0.2) is 14.4 Å². The molecule has 1 aliphatic rings. The van der Waals surface area contributed by atoms with Gasteiger partial charge in [0.25, 0.3) is 5.91 Å². The predicted molar refractivity (Wildman–Crippen MR) is 131 cm³/mol. The standard InChI is InChI=1S/C27H31FN4O2/c1-4-25-24(18-20-7-5-8-22(28)17-20)26(30-19(2)29-25)31-13-6-14-32(16-15-31)27(33)21-9-11-23(34-3)12-10-21/h5,7-12,17H,4,6,13-16,18H2,1-3H3. The summed E-state index contributed by atoms with van der Waals surface area (Å²) in [6, 6.07) is 13.9. The highest BCUT2D eigenvalue weighted by Gasteiger charge is 2.24. The average molecular weight is 463 g/mol. The van der Waals surface area contributed by atoms with Crippen molar-refractivity contribution in [1.29, 1.82) is 0 Å². The van der Waals surface area contributed by atoms with Crippen LogP contribution in [0.4, 0.5) is 10.2 Å². The third-order valence-electron chi connectivity index (χ3n) is 6.21. The van der Waals surface area contributed by atoms with Crippen molar-refractivity contribution in [2.45, 2.75) is 33.1 Å². The van der Waals surface area contributed by atoms with Gasteiger partial charge in [-0.1, -0.05) is 19.1 Å². The van der Waals surface area contributed by atoms with Crippen LogP contribution in [0.5, 0.6) is 5.75 Å². The minimum Gasteiger partial charge on any atom is -0.497 e. The number of ether oxygens (including phenoxy) is 1. The fourth-order valence-corrected chi connectivity index (χ4v) is 4.47. The van der Waals surface area contributed by atoms with E-state index < -0.39 is 0 Å². The fourth-order valence-electron chi connectivity index (χ4n) is 4.47. The van der Waals surface area contributed by atoms with E-state index in [-0.39, 0.29) is 11.7 Å². The first kappa shape index (κ1) is 23.7. The number of carbonyl (C=O) groups excluding carboxylic acids is 1. The second kappa shape index (κ2) is 10.6. The summed E-state index contributed by atoms with van der Waals surface area (Å²) in [4.78, 5) is 26.8. The van der Waals surface area contributed by atoms with Crippen molar-refractivity contribution < 1.29 is 13.9 Å². The van der Waals surface area contributed by atoms with Crippen LogP contribution in [-0.4, -0.2) is 54.1 Å². The summed E-state index contributed by atoms with van der Waals surface area (Å²) in [5.41, 5.74) is 3.58. The molecule has 0 radical (unpaired) electrons. The van der Waals surface area contributed by atoms with Crippen LogP contribution in [0.15, 0.2) is 48.5 Å². The van der Waals surface area contributed by atoms with E-state index in [2.05, 4.69) is 16.8 Å². The summed E-state index contributed by atoms with van der Waals surface area (Å²) in [6.07, 6.45) is 2.18. The van der Waals surface area contributed by atoms with Gasteiger partial charge in [-0.2, -0.15) is 0 Å². The molecule has 1 saturated heterocycles. The van der Waals surface area contributed by atoms with Crippen molar-refractivity contribution in [3.63, 3.8) is 0 Å². The zero-order valence-corrected chi connectivity index (χ0v) is 20.1. The summed E-state index contributed by atoms with van der Waals surface area (Å²) in [5, 5.41) is 0. The molecule has 0 aliphatic carbocycles. The van der Waals surface area contributed by atoms with Crippen molar-refractivity contribution >= 4 is 11.7 Å². The molecule has 0 saturated carbocycles. The van der Waals surface area contributed by atoms with Crippen molar-refractivity contribution in [3.05, 3.63) is 82.6 Å². The Bertz CT molecular complexity index is 1150. The summed E-state index contributed by atoms with van der Waals surface area (Å²) in [5.74, 6) is 2.14. The lowest BCUT2D eigenvalue weighted by Crippen LogP contribution is -2.35. The van der Waals surface area contributed by atoms with Crippen LogP contribution in [0, 0.1) is 12.7 Å². The van der Waals surface area contributed by atoms with Gasteiger partial charge in [-0.15, -0.1) is 0 Å². The second-order valence-electron chi connectivity index (χ2n) is 8.54. The number of aryl methyl sites for hydroxylation is 2. The third kappa shape index (κ3) is 5.35. The third-order valence-corrected chi connectivity index (χ3v) is 6.21. The van der Waals surface area contributed by atoms with E-state index in [1.807, 2.05) is 42.2 Å². The van der Waals surface area contributed by atoms with Crippen LogP contribution in [-0.2, 0) is 12.8 Å². The van der Waals surface area contributed by atoms with Crippen LogP contribution < -0.4 is 9.64 Å². The van der Waals surface area contributed by atoms with Gasteiger partial charge in [0.1, 0.15) is 23.2 Å². The van der Waals surface area contributed by atoms with E-state index in [0.29, 0.717) is 31.6 Å². The highest BCUT2D eigenvalue weighted by Crippen LogP contribution is 2.26. The van der Waals surface area contributed by atoms with Gasteiger partial charge in [0.2, 0.25) is 0 Å². The van der Waals surface area contributed by atoms with Gasteiger partial charge in [0.15, 0.2) is 0 Å². The maximum atomic E-state index is 13.8. The minimum atomic E-state index is -0.243. The molecule has 0 spiro atoms. The lowest BCUT2D eigenvalue weighted by molar-refractivity contribution is 0.0767. The van der Waals surface area contributed by atoms with Gasteiger partial charge in [0, 0.05) is 49.4 Å². The maximum absolute atomic E-state index is 13.8. The molecule has 0 bridgehead atoms. The number of carbonyl (C=O) groups is 1. The molecular weight excluding hydrogens is 431 g/mol. The van der Waals surface area contributed by atoms with Crippen LogP contribution in [0.25, 0.3) is 0 Å². The molecule has 1 amide bonds. The molecule has 1 aliphatic heterocycles. The predicted octanol–water partition coefficient (Wildman–Crippen LogP) is 4.44. The van der Waals surface area contributed by atoms with E-state index in [9.17, 15) is 9.18 Å². The topological polar surface area (TPSA) is 58.6 Å².